The van der Waals surface area contributed by atoms with Crippen LogP contribution in [0.3, 0.4) is 0 Å². The van der Waals surface area contributed by atoms with Gasteiger partial charge in [0.05, 0.1) is 6.54 Å². The molecule has 0 aliphatic carbocycles. The van der Waals surface area contributed by atoms with Crippen molar-refractivity contribution in [1.82, 2.24) is 25.4 Å². The maximum atomic E-state index is 13.7. The Kier molecular flexibility index (Phi) is 8.26. The van der Waals surface area contributed by atoms with Crippen LogP contribution in [-0.2, 0) is 0 Å². The monoisotopic (exact) mass is 488 g/mol. The molecule has 1 aliphatic heterocycles. The number of H-pyrrole nitrogens is 1. The molecule has 1 aliphatic rings. The molecule has 1 aromatic heterocycles. The van der Waals surface area contributed by atoms with Crippen LogP contribution in [0, 0.1) is 5.82 Å². The molecule has 3 rings (SSSR count). The highest BCUT2D eigenvalue weighted by molar-refractivity contribution is 14.0. The SMILES string of the molecule is CN=C(NCC(C)Oc1ccccc1F)N1CCC(c2ncn[nH]2)CC1.I. The zero-order valence-electron chi connectivity index (χ0n) is 15.6. The molecular weight excluding hydrogens is 462 g/mol. The minimum atomic E-state index is -0.349. The van der Waals surface area contributed by atoms with Gasteiger partial charge in [-0.1, -0.05) is 12.1 Å². The van der Waals surface area contributed by atoms with E-state index < -0.39 is 0 Å². The van der Waals surface area contributed by atoms with E-state index in [9.17, 15) is 4.39 Å². The van der Waals surface area contributed by atoms with Gasteiger partial charge in [0.1, 0.15) is 18.3 Å². The van der Waals surface area contributed by atoms with Crippen LogP contribution in [0.5, 0.6) is 5.75 Å². The molecule has 1 atom stereocenters. The molecule has 2 aromatic rings. The molecule has 1 unspecified atom stereocenters. The van der Waals surface area contributed by atoms with E-state index in [1.165, 1.54) is 6.07 Å². The quantitative estimate of drug-likeness (QED) is 0.385. The van der Waals surface area contributed by atoms with E-state index in [1.807, 2.05) is 6.92 Å². The van der Waals surface area contributed by atoms with Crippen LogP contribution in [0.15, 0.2) is 35.6 Å². The summed E-state index contributed by atoms with van der Waals surface area (Å²) in [6.07, 6.45) is 3.36. The van der Waals surface area contributed by atoms with Gasteiger partial charge in [0, 0.05) is 26.1 Å². The van der Waals surface area contributed by atoms with E-state index in [0.29, 0.717) is 12.5 Å². The average molecular weight is 488 g/mol. The molecule has 0 spiro atoms. The molecule has 148 valence electrons. The summed E-state index contributed by atoms with van der Waals surface area (Å²) in [4.78, 5) is 10.8. The number of likely N-dealkylation sites (tertiary alicyclic amines) is 1. The lowest BCUT2D eigenvalue weighted by Crippen LogP contribution is -2.47. The summed E-state index contributed by atoms with van der Waals surface area (Å²) in [5, 5.41) is 10.2. The zero-order valence-corrected chi connectivity index (χ0v) is 17.9. The summed E-state index contributed by atoms with van der Waals surface area (Å²) in [7, 11) is 1.77. The molecule has 2 N–H and O–H groups in total. The highest BCUT2D eigenvalue weighted by Crippen LogP contribution is 2.25. The van der Waals surface area contributed by atoms with Crippen molar-refractivity contribution in [2.24, 2.45) is 4.99 Å². The van der Waals surface area contributed by atoms with E-state index >= 15 is 0 Å². The number of hydrogen-bond donors (Lipinski definition) is 2. The zero-order chi connectivity index (χ0) is 18.4. The Balaban J connectivity index is 0.00000261. The normalized spacial score (nSPS) is 16.6. The number of guanidine groups is 1. The summed E-state index contributed by atoms with van der Waals surface area (Å²) in [6, 6.07) is 6.44. The minimum Gasteiger partial charge on any atom is -0.486 e. The van der Waals surface area contributed by atoms with E-state index in [0.717, 1.165) is 37.7 Å². The number of piperidine rings is 1. The number of nitrogens with zero attached hydrogens (tertiary/aromatic N) is 4. The molecule has 0 bridgehead atoms. The van der Waals surface area contributed by atoms with Gasteiger partial charge in [0.15, 0.2) is 17.5 Å². The van der Waals surface area contributed by atoms with Crippen molar-refractivity contribution in [2.45, 2.75) is 31.8 Å². The second kappa shape index (κ2) is 10.4. The number of hydrogen-bond acceptors (Lipinski definition) is 4. The first-order valence-corrected chi connectivity index (χ1v) is 8.89. The fourth-order valence-electron chi connectivity index (χ4n) is 3.14. The molecule has 27 heavy (non-hydrogen) atoms. The van der Waals surface area contributed by atoms with Gasteiger partial charge in [-0.25, -0.2) is 9.37 Å². The van der Waals surface area contributed by atoms with Gasteiger partial charge < -0.3 is 15.0 Å². The summed E-state index contributed by atoms with van der Waals surface area (Å²) in [5.41, 5.74) is 0. The minimum absolute atomic E-state index is 0. The average Bonchev–Trinajstić information content (AvgIpc) is 3.19. The lowest BCUT2D eigenvalue weighted by atomic mass is 9.96. The van der Waals surface area contributed by atoms with Gasteiger partial charge in [0.25, 0.3) is 0 Å². The smallest absolute Gasteiger partial charge is 0.193 e. The molecule has 7 nitrogen and oxygen atoms in total. The molecule has 1 saturated heterocycles. The topological polar surface area (TPSA) is 78.4 Å². The third-order valence-electron chi connectivity index (χ3n) is 4.54. The van der Waals surface area contributed by atoms with Gasteiger partial charge in [-0.2, -0.15) is 5.10 Å². The van der Waals surface area contributed by atoms with Crippen molar-refractivity contribution >= 4 is 29.9 Å². The van der Waals surface area contributed by atoms with Crippen molar-refractivity contribution < 1.29 is 9.13 Å². The van der Waals surface area contributed by atoms with Crippen molar-refractivity contribution in [1.29, 1.82) is 0 Å². The van der Waals surface area contributed by atoms with Crippen molar-refractivity contribution in [3.8, 4) is 5.75 Å². The fourth-order valence-corrected chi connectivity index (χ4v) is 3.14. The standard InChI is InChI=1S/C18H25FN6O.HI/c1-13(26-16-6-4-3-5-15(16)19)11-21-18(20-2)25-9-7-14(8-10-25)17-22-12-23-24-17;/h3-6,12-14H,7-11H2,1-2H3,(H,20,21)(H,22,23,24);1H. The number of para-hydroxylation sites is 1. The lowest BCUT2D eigenvalue weighted by Gasteiger charge is -2.33. The second-order valence-corrected chi connectivity index (χ2v) is 6.42. The number of aromatic nitrogens is 3. The summed E-state index contributed by atoms with van der Waals surface area (Å²) >= 11 is 0. The largest absolute Gasteiger partial charge is 0.486 e. The van der Waals surface area contributed by atoms with Crippen LogP contribution < -0.4 is 10.1 Å². The summed E-state index contributed by atoms with van der Waals surface area (Å²) in [6.45, 7) is 4.24. The maximum absolute atomic E-state index is 13.7. The third kappa shape index (κ3) is 5.78. The second-order valence-electron chi connectivity index (χ2n) is 6.42. The van der Waals surface area contributed by atoms with Gasteiger partial charge >= 0.3 is 0 Å². The molecule has 0 amide bonds. The van der Waals surface area contributed by atoms with E-state index in [2.05, 4.69) is 30.4 Å². The van der Waals surface area contributed by atoms with Gasteiger partial charge in [-0.05, 0) is 31.9 Å². The highest BCUT2D eigenvalue weighted by Gasteiger charge is 2.24. The first kappa shape index (κ1) is 21.4. The molecule has 2 heterocycles. The number of aromatic amines is 1. The molecule has 9 heteroatoms. The summed E-state index contributed by atoms with van der Waals surface area (Å²) in [5.74, 6) is 2.13. The third-order valence-corrected chi connectivity index (χ3v) is 4.54. The van der Waals surface area contributed by atoms with Gasteiger partial charge in [-0.3, -0.25) is 10.1 Å². The van der Waals surface area contributed by atoms with Crippen LogP contribution in [0.2, 0.25) is 0 Å². The van der Waals surface area contributed by atoms with Crippen LogP contribution in [0.25, 0.3) is 0 Å². The predicted molar refractivity (Wildman–Crippen MR) is 113 cm³/mol. The number of benzene rings is 1. The number of halogens is 2. The van der Waals surface area contributed by atoms with Crippen molar-refractivity contribution in [3.05, 3.63) is 42.2 Å². The molecule has 1 aromatic carbocycles. The Bertz CT molecular complexity index is 718. The Labute approximate surface area is 175 Å². The number of nitrogens with one attached hydrogen (secondary N) is 2. The van der Waals surface area contributed by atoms with Gasteiger partial charge in [0.2, 0.25) is 0 Å². The Hall–Kier alpha value is -1.91. The number of aliphatic imine (C=N–C) groups is 1. The lowest BCUT2D eigenvalue weighted by molar-refractivity contribution is 0.211. The first-order valence-electron chi connectivity index (χ1n) is 8.89. The van der Waals surface area contributed by atoms with E-state index in [-0.39, 0.29) is 41.6 Å². The molecular formula is C18H26FIN6O. The van der Waals surface area contributed by atoms with E-state index in [4.69, 9.17) is 4.74 Å². The summed E-state index contributed by atoms with van der Waals surface area (Å²) < 4.78 is 19.3. The van der Waals surface area contributed by atoms with Crippen molar-refractivity contribution in [3.63, 3.8) is 0 Å². The van der Waals surface area contributed by atoms with Crippen LogP contribution in [0.1, 0.15) is 31.5 Å². The first-order chi connectivity index (χ1) is 12.7. The molecule has 0 radical (unpaired) electrons. The van der Waals surface area contributed by atoms with Crippen molar-refractivity contribution in [2.75, 3.05) is 26.7 Å². The van der Waals surface area contributed by atoms with Crippen LogP contribution in [0.4, 0.5) is 4.39 Å². The van der Waals surface area contributed by atoms with Gasteiger partial charge in [-0.15, -0.1) is 24.0 Å². The van der Waals surface area contributed by atoms with Crippen LogP contribution in [-0.4, -0.2) is 58.8 Å². The number of ether oxygens (including phenoxy) is 1. The number of rotatable bonds is 5. The van der Waals surface area contributed by atoms with E-state index in [1.54, 1.807) is 31.6 Å². The fraction of sp³-hybridized carbons (Fsp3) is 0.500. The molecule has 1 fully saturated rings. The van der Waals surface area contributed by atoms with Crippen LogP contribution >= 0.6 is 24.0 Å². The Morgan fingerprint density at radius 1 is 1.41 bits per heavy atom. The highest BCUT2D eigenvalue weighted by atomic mass is 127. The maximum Gasteiger partial charge on any atom is 0.193 e. The Morgan fingerprint density at radius 2 is 2.15 bits per heavy atom. The molecule has 0 saturated carbocycles. The predicted octanol–water partition coefficient (Wildman–Crippen LogP) is 2.78. The Morgan fingerprint density at radius 3 is 2.78 bits per heavy atom.